The van der Waals surface area contributed by atoms with Crippen LogP contribution in [-0.2, 0) is 45.2 Å². The van der Waals surface area contributed by atoms with Crippen LogP contribution >= 0.6 is 0 Å². The van der Waals surface area contributed by atoms with Crippen molar-refractivity contribution in [3.63, 3.8) is 0 Å². The van der Waals surface area contributed by atoms with Gasteiger partial charge < -0.3 is 66.2 Å². The van der Waals surface area contributed by atoms with E-state index < -0.39 is 5.60 Å². The first kappa shape index (κ1) is 53.6. The number of ether oxygens (including phenoxy) is 8. The van der Waals surface area contributed by atoms with Gasteiger partial charge in [0.05, 0.1) is 64.2 Å². The zero-order chi connectivity index (χ0) is 53.1. The van der Waals surface area contributed by atoms with Gasteiger partial charge in [-0.2, -0.15) is 0 Å². The number of piperidine rings is 1. The number of likely N-dealkylation sites (tertiary alicyclic amines) is 1. The standard InChI is InChI=1S/C31H39N3O6.C14H15NO4.C12H11NO3/c1-31(2,3)40-30(36)34(21-22-8-10-27-28(20-22)39-19-18-38-27)23-12-14-32(15-13-23)16-17-33-25-6-5-7-26(37-4)24(25)9-11-29(33)35;1-17-12-4-2-3-11-10(12)5-6-13(16)15(11)9-14-18-7-8-19-14;1-16-11-4-2-3-10-9(11)5-6-12(15)13(10)7-8-14/h5-11,20,23H,12-19,21H2,1-4H3;2-6,14H,7-9H2,1H3;2-6,8H,7H2,1H3. The molecule has 0 bridgehead atoms. The number of benzene rings is 4. The average molecular weight is 1030 g/mol. The van der Waals surface area contributed by atoms with Gasteiger partial charge in [0.2, 0.25) is 0 Å². The molecule has 10 rings (SSSR count). The molecule has 0 N–H and O–H groups in total. The van der Waals surface area contributed by atoms with E-state index in [-0.39, 0.29) is 41.6 Å². The second kappa shape index (κ2) is 24.6. The van der Waals surface area contributed by atoms with E-state index in [0.29, 0.717) is 69.4 Å². The van der Waals surface area contributed by atoms with Gasteiger partial charge in [0.15, 0.2) is 17.8 Å². The minimum atomic E-state index is -0.586. The molecule has 396 valence electrons. The largest absolute Gasteiger partial charge is 0.496 e. The highest BCUT2D eigenvalue weighted by molar-refractivity contribution is 5.87. The van der Waals surface area contributed by atoms with Crippen LogP contribution in [0, 0.1) is 0 Å². The fourth-order valence-corrected chi connectivity index (χ4v) is 9.52. The van der Waals surface area contributed by atoms with Crippen molar-refractivity contribution in [2.24, 2.45) is 0 Å². The fraction of sp³-hybridized carbons (Fsp3) is 0.386. The summed E-state index contributed by atoms with van der Waals surface area (Å²) in [5.74, 6) is 3.64. The number of aldehydes is 1. The van der Waals surface area contributed by atoms with Gasteiger partial charge in [-0.25, -0.2) is 4.79 Å². The van der Waals surface area contributed by atoms with Crippen molar-refractivity contribution in [2.75, 3.05) is 67.4 Å². The number of methoxy groups -OCH3 is 3. The molecule has 0 spiro atoms. The van der Waals surface area contributed by atoms with Crippen molar-refractivity contribution in [3.05, 3.63) is 146 Å². The monoisotopic (exact) mass is 1030 g/mol. The topological polar surface area (TPSA) is 180 Å². The minimum Gasteiger partial charge on any atom is -0.496 e. The van der Waals surface area contributed by atoms with Crippen LogP contribution < -0.4 is 40.4 Å². The van der Waals surface area contributed by atoms with Gasteiger partial charge in [0, 0.05) is 73.1 Å². The number of rotatable bonds is 13. The summed E-state index contributed by atoms with van der Waals surface area (Å²) in [5, 5.41) is 2.66. The van der Waals surface area contributed by atoms with Gasteiger partial charge >= 0.3 is 6.09 Å². The van der Waals surface area contributed by atoms with Crippen molar-refractivity contribution in [1.82, 2.24) is 23.5 Å². The van der Waals surface area contributed by atoms with Crippen LogP contribution in [0.25, 0.3) is 32.7 Å². The van der Waals surface area contributed by atoms with Crippen molar-refractivity contribution >= 4 is 45.1 Å². The van der Waals surface area contributed by atoms with Crippen molar-refractivity contribution in [3.8, 4) is 28.7 Å². The number of aromatic nitrogens is 3. The second-order valence-corrected chi connectivity index (χ2v) is 19.1. The first-order valence-corrected chi connectivity index (χ1v) is 25.1. The molecule has 0 saturated carbocycles. The Labute approximate surface area is 434 Å². The number of hydrogen-bond acceptors (Lipinski definition) is 14. The van der Waals surface area contributed by atoms with E-state index in [1.807, 2.05) is 97.0 Å². The number of fused-ring (bicyclic) bond motifs is 4. The fourth-order valence-electron chi connectivity index (χ4n) is 9.52. The average Bonchev–Trinajstić information content (AvgIpc) is 3.94. The lowest BCUT2D eigenvalue weighted by atomic mass is 10.0. The summed E-state index contributed by atoms with van der Waals surface area (Å²) in [5.41, 5.74) is 2.52. The highest BCUT2D eigenvalue weighted by Crippen LogP contribution is 2.33. The number of nitrogens with zero attached hydrogens (tertiary/aromatic N) is 5. The van der Waals surface area contributed by atoms with Gasteiger partial charge in [0.1, 0.15) is 42.3 Å². The van der Waals surface area contributed by atoms with Crippen LogP contribution in [0.5, 0.6) is 28.7 Å². The zero-order valence-electron chi connectivity index (χ0n) is 43.4. The third kappa shape index (κ3) is 13.0. The Morgan fingerprint density at radius 1 is 0.627 bits per heavy atom. The summed E-state index contributed by atoms with van der Waals surface area (Å²) in [6.07, 6.45) is 1.69. The van der Waals surface area contributed by atoms with Crippen LogP contribution in [0.15, 0.2) is 124 Å². The van der Waals surface area contributed by atoms with Crippen LogP contribution in [-0.4, -0.2) is 121 Å². The first-order chi connectivity index (χ1) is 36.3. The molecule has 0 radical (unpaired) electrons. The van der Waals surface area contributed by atoms with Gasteiger partial charge in [-0.05, 0) is 106 Å². The zero-order valence-corrected chi connectivity index (χ0v) is 43.4. The van der Waals surface area contributed by atoms with Crippen molar-refractivity contribution in [2.45, 2.75) is 77.7 Å². The quantitative estimate of drug-likeness (QED) is 0.105. The van der Waals surface area contributed by atoms with E-state index >= 15 is 0 Å². The number of hydrogen-bond donors (Lipinski definition) is 0. The number of amides is 1. The SMILES string of the molecule is COc1cccc2c1ccc(=O)n2CC1OCCO1.COc1cccc2c1ccc(=O)n2CC=O.COc1cccc2c1ccc(=O)n2CCN1CCC(N(Cc2ccc3c(c2)OCCO3)C(=O)OC(C)(C)C)CC1. The number of carbonyl (C=O) groups excluding carboxylic acids is 2. The summed E-state index contributed by atoms with van der Waals surface area (Å²) in [4.78, 5) is 64.4. The van der Waals surface area contributed by atoms with E-state index in [2.05, 4.69) is 4.90 Å². The normalized spacial score (nSPS) is 14.9. The highest BCUT2D eigenvalue weighted by Gasteiger charge is 2.32. The molecule has 0 unspecified atom stereocenters. The van der Waals surface area contributed by atoms with Gasteiger partial charge in [-0.15, -0.1) is 0 Å². The molecule has 7 aromatic rings. The summed E-state index contributed by atoms with van der Waals surface area (Å²) >= 11 is 0. The Morgan fingerprint density at radius 2 is 1.13 bits per heavy atom. The second-order valence-electron chi connectivity index (χ2n) is 19.1. The molecule has 0 aliphatic carbocycles. The molecule has 2 saturated heterocycles. The predicted octanol–water partition coefficient (Wildman–Crippen LogP) is 7.28. The van der Waals surface area contributed by atoms with Crippen LogP contribution in [0.2, 0.25) is 0 Å². The Balaban J connectivity index is 0.000000175. The molecule has 3 aliphatic rings. The van der Waals surface area contributed by atoms with Gasteiger partial charge in [0.25, 0.3) is 16.7 Å². The molecule has 3 aliphatic heterocycles. The molecular formula is C57H65N5O13. The van der Waals surface area contributed by atoms with E-state index in [9.17, 15) is 24.0 Å². The van der Waals surface area contributed by atoms with Crippen LogP contribution in [0.4, 0.5) is 4.79 Å². The summed E-state index contributed by atoms with van der Waals surface area (Å²) in [6, 6.07) is 32.6. The van der Waals surface area contributed by atoms with E-state index in [1.165, 1.54) is 10.6 Å². The molecule has 3 aromatic heterocycles. The predicted molar refractivity (Wildman–Crippen MR) is 285 cm³/mol. The third-order valence-corrected chi connectivity index (χ3v) is 13.1. The maximum atomic E-state index is 13.3. The minimum absolute atomic E-state index is 0.0221. The lowest BCUT2D eigenvalue weighted by Crippen LogP contribution is -2.49. The summed E-state index contributed by atoms with van der Waals surface area (Å²) < 4.78 is 48.9. The molecule has 4 aromatic carbocycles. The molecule has 18 nitrogen and oxygen atoms in total. The Hall–Kier alpha value is -7.67. The Kier molecular flexibility index (Phi) is 17.6. The van der Waals surface area contributed by atoms with E-state index in [0.717, 1.165) is 82.5 Å². The van der Waals surface area contributed by atoms with Gasteiger partial charge in [-0.3, -0.25) is 14.4 Å². The number of carbonyl (C=O) groups is 2. The molecule has 18 heteroatoms. The molecule has 0 atom stereocenters. The Bertz CT molecular complexity index is 3290. The molecular weight excluding hydrogens is 963 g/mol. The first-order valence-electron chi connectivity index (χ1n) is 25.1. The van der Waals surface area contributed by atoms with Crippen molar-refractivity contribution in [1.29, 1.82) is 0 Å². The number of pyridine rings is 3. The summed E-state index contributed by atoms with van der Waals surface area (Å²) in [6.45, 7) is 11.8. The van der Waals surface area contributed by atoms with Crippen LogP contribution in [0.3, 0.4) is 0 Å². The Morgan fingerprint density at radius 3 is 1.67 bits per heavy atom. The van der Waals surface area contributed by atoms with Crippen LogP contribution in [0.1, 0.15) is 39.2 Å². The lowest BCUT2D eigenvalue weighted by Gasteiger charge is -2.39. The van der Waals surface area contributed by atoms with Crippen molar-refractivity contribution < 1.29 is 47.5 Å². The molecule has 6 heterocycles. The maximum Gasteiger partial charge on any atom is 0.410 e. The maximum absolute atomic E-state index is 13.3. The van der Waals surface area contributed by atoms with Gasteiger partial charge in [-0.1, -0.05) is 24.3 Å². The molecule has 1 amide bonds. The summed E-state index contributed by atoms with van der Waals surface area (Å²) in [7, 11) is 4.83. The smallest absolute Gasteiger partial charge is 0.410 e. The molecule has 75 heavy (non-hydrogen) atoms. The molecule has 2 fully saturated rings. The lowest BCUT2D eigenvalue weighted by molar-refractivity contribution is -0.108. The van der Waals surface area contributed by atoms with E-state index in [1.54, 1.807) is 62.3 Å². The highest BCUT2D eigenvalue weighted by atomic mass is 16.7. The van der Waals surface area contributed by atoms with E-state index in [4.69, 9.17) is 37.9 Å². The third-order valence-electron chi connectivity index (χ3n) is 13.1.